The Morgan fingerprint density at radius 1 is 1.19 bits per heavy atom. The molecule has 0 amide bonds. The second kappa shape index (κ2) is 5.91. The predicted octanol–water partition coefficient (Wildman–Crippen LogP) is 2.36. The number of nitrogens with zero attached hydrogens (tertiary/aromatic N) is 1. The van der Waals surface area contributed by atoms with Gasteiger partial charge in [-0.3, -0.25) is 10.1 Å². The fourth-order valence-corrected chi connectivity index (χ4v) is 1.72. The van der Waals surface area contributed by atoms with E-state index in [-0.39, 0.29) is 29.2 Å². The van der Waals surface area contributed by atoms with Crippen LogP contribution in [-0.2, 0) is 11.3 Å². The molecular formula is C14H11NO6. The number of phenolic OH excluding ortho intramolecular Hbond substituents is 2. The SMILES string of the molecule is O=C(OCc1ccccc1[N+](=O)[O-])c1ccc(O)cc1O. The number of aromatic hydroxyl groups is 2. The summed E-state index contributed by atoms with van der Waals surface area (Å²) in [4.78, 5) is 22.1. The Morgan fingerprint density at radius 3 is 2.57 bits per heavy atom. The number of carbonyl (C=O) groups is 1. The van der Waals surface area contributed by atoms with Crippen LogP contribution in [0.15, 0.2) is 42.5 Å². The first-order chi connectivity index (χ1) is 9.99. The van der Waals surface area contributed by atoms with Crippen molar-refractivity contribution in [2.24, 2.45) is 0 Å². The summed E-state index contributed by atoms with van der Waals surface area (Å²) in [7, 11) is 0. The maximum Gasteiger partial charge on any atom is 0.342 e. The summed E-state index contributed by atoms with van der Waals surface area (Å²) in [6.07, 6.45) is 0. The van der Waals surface area contributed by atoms with Crippen LogP contribution in [0.1, 0.15) is 15.9 Å². The van der Waals surface area contributed by atoms with E-state index in [2.05, 4.69) is 0 Å². The summed E-state index contributed by atoms with van der Waals surface area (Å²) in [5.74, 6) is -1.46. The van der Waals surface area contributed by atoms with Gasteiger partial charge in [0.15, 0.2) is 0 Å². The summed E-state index contributed by atoms with van der Waals surface area (Å²) in [5.41, 5.74) is -0.0410. The third kappa shape index (κ3) is 3.27. The molecule has 0 saturated heterocycles. The quantitative estimate of drug-likeness (QED) is 0.508. The Balaban J connectivity index is 2.13. The highest BCUT2D eigenvalue weighted by Crippen LogP contribution is 2.24. The summed E-state index contributed by atoms with van der Waals surface area (Å²) in [5, 5.41) is 29.5. The highest BCUT2D eigenvalue weighted by molar-refractivity contribution is 5.92. The molecule has 0 bridgehead atoms. The van der Waals surface area contributed by atoms with E-state index in [4.69, 9.17) is 9.84 Å². The number of benzene rings is 2. The maximum absolute atomic E-state index is 11.8. The van der Waals surface area contributed by atoms with E-state index in [1.165, 1.54) is 30.3 Å². The first-order valence-electron chi connectivity index (χ1n) is 5.90. The van der Waals surface area contributed by atoms with Crippen LogP contribution in [0.2, 0.25) is 0 Å². The van der Waals surface area contributed by atoms with Gasteiger partial charge >= 0.3 is 5.97 Å². The first-order valence-corrected chi connectivity index (χ1v) is 5.90. The molecule has 0 aliphatic carbocycles. The molecule has 108 valence electrons. The van der Waals surface area contributed by atoms with Gasteiger partial charge in [-0.25, -0.2) is 4.79 Å². The van der Waals surface area contributed by atoms with E-state index in [1.807, 2.05) is 0 Å². The third-order valence-electron chi connectivity index (χ3n) is 2.75. The lowest BCUT2D eigenvalue weighted by atomic mass is 10.2. The monoisotopic (exact) mass is 289 g/mol. The smallest absolute Gasteiger partial charge is 0.342 e. The highest BCUT2D eigenvalue weighted by Gasteiger charge is 2.17. The van der Waals surface area contributed by atoms with Crippen molar-refractivity contribution in [1.29, 1.82) is 0 Å². The van der Waals surface area contributed by atoms with Crippen LogP contribution in [0, 0.1) is 10.1 Å². The van der Waals surface area contributed by atoms with Gasteiger partial charge in [0, 0.05) is 12.1 Å². The minimum absolute atomic E-state index is 0.133. The molecular weight excluding hydrogens is 278 g/mol. The van der Waals surface area contributed by atoms with Gasteiger partial charge in [0.2, 0.25) is 0 Å². The van der Waals surface area contributed by atoms with Gasteiger partial charge in [-0.1, -0.05) is 12.1 Å². The average molecular weight is 289 g/mol. The summed E-state index contributed by atoms with van der Waals surface area (Å²) >= 11 is 0. The molecule has 0 atom stereocenters. The van der Waals surface area contributed by atoms with Crippen molar-refractivity contribution in [3.05, 3.63) is 63.7 Å². The number of rotatable bonds is 4. The molecule has 0 radical (unpaired) electrons. The molecule has 2 aromatic rings. The molecule has 0 saturated carbocycles. The molecule has 0 heterocycles. The number of carbonyl (C=O) groups excluding carboxylic acids is 1. The lowest BCUT2D eigenvalue weighted by Crippen LogP contribution is -2.06. The molecule has 0 unspecified atom stereocenters. The van der Waals surface area contributed by atoms with Gasteiger partial charge in [-0.15, -0.1) is 0 Å². The van der Waals surface area contributed by atoms with E-state index in [9.17, 15) is 20.0 Å². The fraction of sp³-hybridized carbons (Fsp3) is 0.0714. The predicted molar refractivity (Wildman–Crippen MR) is 72.0 cm³/mol. The molecule has 7 nitrogen and oxygen atoms in total. The van der Waals surface area contributed by atoms with E-state index >= 15 is 0 Å². The molecule has 0 aliphatic heterocycles. The molecule has 0 aliphatic rings. The Labute approximate surface area is 119 Å². The van der Waals surface area contributed by atoms with Crippen LogP contribution in [0.4, 0.5) is 5.69 Å². The number of hydrogen-bond donors (Lipinski definition) is 2. The summed E-state index contributed by atoms with van der Waals surface area (Å²) in [6.45, 7) is -0.295. The Hall–Kier alpha value is -3.09. The molecule has 0 spiro atoms. The second-order valence-electron chi connectivity index (χ2n) is 4.16. The van der Waals surface area contributed by atoms with Crippen LogP contribution in [-0.4, -0.2) is 21.1 Å². The van der Waals surface area contributed by atoms with Crippen molar-refractivity contribution >= 4 is 11.7 Å². The largest absolute Gasteiger partial charge is 0.508 e. The number of nitro groups is 1. The van der Waals surface area contributed by atoms with Gasteiger partial charge in [-0.2, -0.15) is 0 Å². The van der Waals surface area contributed by atoms with Crippen molar-refractivity contribution in [3.63, 3.8) is 0 Å². The Kier molecular flexibility index (Phi) is 4.03. The van der Waals surface area contributed by atoms with Crippen molar-refractivity contribution in [3.8, 4) is 11.5 Å². The Bertz CT molecular complexity index is 698. The normalized spacial score (nSPS) is 10.1. The van der Waals surface area contributed by atoms with Crippen LogP contribution in [0.5, 0.6) is 11.5 Å². The molecule has 21 heavy (non-hydrogen) atoms. The highest BCUT2D eigenvalue weighted by atomic mass is 16.6. The van der Waals surface area contributed by atoms with Gasteiger partial charge in [-0.05, 0) is 18.2 Å². The fourth-order valence-electron chi connectivity index (χ4n) is 1.72. The second-order valence-corrected chi connectivity index (χ2v) is 4.16. The topological polar surface area (TPSA) is 110 Å². The number of hydrogen-bond acceptors (Lipinski definition) is 6. The number of nitro benzene ring substituents is 1. The lowest BCUT2D eigenvalue weighted by Gasteiger charge is -2.07. The lowest BCUT2D eigenvalue weighted by molar-refractivity contribution is -0.385. The zero-order valence-electron chi connectivity index (χ0n) is 10.7. The molecule has 2 N–H and O–H groups in total. The molecule has 2 aromatic carbocycles. The minimum Gasteiger partial charge on any atom is -0.508 e. The van der Waals surface area contributed by atoms with Crippen LogP contribution in [0.25, 0.3) is 0 Å². The zero-order chi connectivity index (χ0) is 15.4. The van der Waals surface area contributed by atoms with Crippen LogP contribution in [0.3, 0.4) is 0 Å². The van der Waals surface area contributed by atoms with Crippen LogP contribution >= 0.6 is 0 Å². The average Bonchev–Trinajstić information content (AvgIpc) is 2.45. The van der Waals surface area contributed by atoms with Crippen molar-refractivity contribution < 1.29 is 24.7 Å². The number of ether oxygens (including phenoxy) is 1. The summed E-state index contributed by atoms with van der Waals surface area (Å²) < 4.78 is 4.94. The van der Waals surface area contributed by atoms with Crippen molar-refractivity contribution in [2.45, 2.75) is 6.61 Å². The number of phenols is 2. The molecule has 0 fully saturated rings. The minimum atomic E-state index is -0.842. The molecule has 2 rings (SSSR count). The maximum atomic E-state index is 11.8. The Morgan fingerprint density at radius 2 is 1.90 bits per heavy atom. The number of para-hydroxylation sites is 1. The molecule has 7 heteroatoms. The van der Waals surface area contributed by atoms with Crippen molar-refractivity contribution in [1.82, 2.24) is 0 Å². The van der Waals surface area contributed by atoms with Gasteiger partial charge in [0.05, 0.1) is 10.5 Å². The standard InChI is InChI=1S/C14H11NO6/c16-10-5-6-11(13(17)7-10)14(18)21-8-9-3-1-2-4-12(9)15(19)20/h1-7,16-17H,8H2. The molecule has 0 aromatic heterocycles. The van der Waals surface area contributed by atoms with E-state index < -0.39 is 16.6 Å². The van der Waals surface area contributed by atoms with Gasteiger partial charge in [0.1, 0.15) is 23.7 Å². The van der Waals surface area contributed by atoms with E-state index in [0.717, 1.165) is 6.07 Å². The first kappa shape index (κ1) is 14.3. The third-order valence-corrected chi connectivity index (χ3v) is 2.75. The van der Waals surface area contributed by atoms with Crippen molar-refractivity contribution in [2.75, 3.05) is 0 Å². The summed E-state index contributed by atoms with van der Waals surface area (Å²) in [6, 6.07) is 9.31. The van der Waals surface area contributed by atoms with E-state index in [1.54, 1.807) is 6.07 Å². The number of esters is 1. The zero-order valence-corrected chi connectivity index (χ0v) is 10.7. The van der Waals surface area contributed by atoms with Crippen LogP contribution < -0.4 is 0 Å². The van der Waals surface area contributed by atoms with Gasteiger partial charge < -0.3 is 14.9 Å². The van der Waals surface area contributed by atoms with E-state index in [0.29, 0.717) is 0 Å². The van der Waals surface area contributed by atoms with Gasteiger partial charge in [0.25, 0.3) is 5.69 Å².